The smallest absolute Gasteiger partial charge is 0.122 e. The van der Waals surface area contributed by atoms with E-state index in [1.165, 1.54) is 0 Å². The molecule has 0 unspecified atom stereocenters. The van der Waals surface area contributed by atoms with Crippen molar-refractivity contribution < 1.29 is 9.84 Å². The Labute approximate surface area is 124 Å². The van der Waals surface area contributed by atoms with Gasteiger partial charge in [0.05, 0.1) is 0 Å². The molecule has 0 aliphatic heterocycles. The maximum Gasteiger partial charge on any atom is 0.122 e. The van der Waals surface area contributed by atoms with Crippen molar-refractivity contribution in [3.8, 4) is 17.6 Å². The van der Waals surface area contributed by atoms with Crippen molar-refractivity contribution in [1.82, 2.24) is 0 Å². The predicted octanol–water partition coefficient (Wildman–Crippen LogP) is 3.57. The second-order valence-electron chi connectivity index (χ2n) is 4.36. The SMILES string of the molecule is Cc1cc(C#CCO)ccc1OCc1ccc(Cl)cc1. The molecule has 1 N–H and O–H groups in total. The van der Waals surface area contributed by atoms with Crippen LogP contribution in [0.2, 0.25) is 5.02 Å². The largest absolute Gasteiger partial charge is 0.489 e. The molecule has 2 rings (SSSR count). The number of aryl methyl sites for hydroxylation is 1. The Balaban J connectivity index is 2.04. The summed E-state index contributed by atoms with van der Waals surface area (Å²) in [7, 11) is 0. The Morgan fingerprint density at radius 3 is 2.55 bits per heavy atom. The minimum Gasteiger partial charge on any atom is -0.489 e. The summed E-state index contributed by atoms with van der Waals surface area (Å²) < 4.78 is 5.78. The maximum absolute atomic E-state index is 8.67. The molecule has 0 atom stereocenters. The Morgan fingerprint density at radius 2 is 1.90 bits per heavy atom. The molecule has 2 aromatic rings. The molecule has 0 saturated heterocycles. The molecule has 0 bridgehead atoms. The Hall–Kier alpha value is -1.95. The Kier molecular flexibility index (Phi) is 5.06. The van der Waals surface area contributed by atoms with Crippen LogP contribution in [0.3, 0.4) is 0 Å². The van der Waals surface area contributed by atoms with Crippen LogP contribution in [0.5, 0.6) is 5.75 Å². The zero-order valence-electron chi connectivity index (χ0n) is 11.2. The minimum atomic E-state index is -0.131. The third-order valence-corrected chi connectivity index (χ3v) is 3.05. The summed E-state index contributed by atoms with van der Waals surface area (Å²) in [6.07, 6.45) is 0. The first-order chi connectivity index (χ1) is 9.69. The van der Waals surface area contributed by atoms with Gasteiger partial charge < -0.3 is 9.84 Å². The van der Waals surface area contributed by atoms with Gasteiger partial charge in [-0.2, -0.15) is 0 Å². The monoisotopic (exact) mass is 286 g/mol. The molecule has 0 heterocycles. The number of aliphatic hydroxyl groups excluding tert-OH is 1. The summed E-state index contributed by atoms with van der Waals surface area (Å²) in [6, 6.07) is 13.3. The van der Waals surface area contributed by atoms with Crippen LogP contribution in [0.15, 0.2) is 42.5 Å². The number of rotatable bonds is 3. The van der Waals surface area contributed by atoms with E-state index in [0.29, 0.717) is 6.61 Å². The second-order valence-corrected chi connectivity index (χ2v) is 4.79. The van der Waals surface area contributed by atoms with E-state index in [1.54, 1.807) is 0 Å². The summed E-state index contributed by atoms with van der Waals surface area (Å²) in [5.74, 6) is 6.33. The van der Waals surface area contributed by atoms with Gasteiger partial charge >= 0.3 is 0 Å². The number of ether oxygens (including phenoxy) is 1. The molecule has 0 amide bonds. The average molecular weight is 287 g/mol. The van der Waals surface area contributed by atoms with Crippen LogP contribution in [-0.2, 0) is 6.61 Å². The number of halogens is 1. The topological polar surface area (TPSA) is 29.5 Å². The highest BCUT2D eigenvalue weighted by atomic mass is 35.5. The molecule has 20 heavy (non-hydrogen) atoms. The van der Waals surface area contributed by atoms with Crippen molar-refractivity contribution in [2.24, 2.45) is 0 Å². The van der Waals surface area contributed by atoms with E-state index in [4.69, 9.17) is 21.4 Å². The van der Waals surface area contributed by atoms with Gasteiger partial charge in [0, 0.05) is 10.6 Å². The highest BCUT2D eigenvalue weighted by Gasteiger charge is 2.01. The van der Waals surface area contributed by atoms with Gasteiger partial charge in [0.25, 0.3) is 0 Å². The molecular formula is C17H15ClO2. The van der Waals surface area contributed by atoms with E-state index < -0.39 is 0 Å². The lowest BCUT2D eigenvalue weighted by atomic mass is 10.1. The van der Waals surface area contributed by atoms with E-state index >= 15 is 0 Å². The van der Waals surface area contributed by atoms with Crippen LogP contribution < -0.4 is 4.74 Å². The van der Waals surface area contributed by atoms with Crippen LogP contribution in [0.25, 0.3) is 0 Å². The predicted molar refractivity (Wildman–Crippen MR) is 80.9 cm³/mol. The van der Waals surface area contributed by atoms with Crippen LogP contribution >= 0.6 is 11.6 Å². The Morgan fingerprint density at radius 1 is 1.15 bits per heavy atom. The molecule has 2 nitrogen and oxygen atoms in total. The normalized spacial score (nSPS) is 9.75. The van der Waals surface area contributed by atoms with E-state index in [0.717, 1.165) is 27.5 Å². The van der Waals surface area contributed by atoms with Crippen molar-refractivity contribution in [1.29, 1.82) is 0 Å². The summed E-state index contributed by atoms with van der Waals surface area (Å²) in [4.78, 5) is 0. The van der Waals surface area contributed by atoms with Crippen molar-refractivity contribution in [3.05, 3.63) is 64.2 Å². The molecule has 102 valence electrons. The third-order valence-electron chi connectivity index (χ3n) is 2.79. The fraction of sp³-hybridized carbons (Fsp3) is 0.176. The lowest BCUT2D eigenvalue weighted by molar-refractivity contribution is 0.304. The summed E-state index contributed by atoms with van der Waals surface area (Å²) in [5, 5.41) is 9.39. The summed E-state index contributed by atoms with van der Waals surface area (Å²) in [5.41, 5.74) is 2.96. The first kappa shape index (κ1) is 14.5. The molecule has 0 saturated carbocycles. The van der Waals surface area contributed by atoms with Gasteiger partial charge in [-0.1, -0.05) is 35.6 Å². The van der Waals surface area contributed by atoms with Crippen LogP contribution in [0, 0.1) is 18.8 Å². The average Bonchev–Trinajstić information content (AvgIpc) is 2.46. The van der Waals surface area contributed by atoms with Crippen molar-refractivity contribution in [2.75, 3.05) is 6.61 Å². The first-order valence-corrected chi connectivity index (χ1v) is 6.64. The summed E-state index contributed by atoms with van der Waals surface area (Å²) in [6.45, 7) is 2.34. The second kappa shape index (κ2) is 7.00. The fourth-order valence-corrected chi connectivity index (χ4v) is 1.90. The molecule has 0 spiro atoms. The fourth-order valence-electron chi connectivity index (χ4n) is 1.77. The lowest BCUT2D eigenvalue weighted by Gasteiger charge is -2.09. The molecule has 0 fully saturated rings. The maximum atomic E-state index is 8.67. The van der Waals surface area contributed by atoms with Gasteiger partial charge in [-0.05, 0) is 48.4 Å². The number of aliphatic hydroxyl groups is 1. The van der Waals surface area contributed by atoms with E-state index in [2.05, 4.69) is 11.8 Å². The minimum absolute atomic E-state index is 0.131. The molecule has 2 aromatic carbocycles. The Bertz CT molecular complexity index is 636. The number of hydrogen-bond acceptors (Lipinski definition) is 2. The quantitative estimate of drug-likeness (QED) is 0.874. The molecule has 3 heteroatoms. The van der Waals surface area contributed by atoms with Crippen molar-refractivity contribution >= 4 is 11.6 Å². The van der Waals surface area contributed by atoms with Crippen LogP contribution in [-0.4, -0.2) is 11.7 Å². The van der Waals surface area contributed by atoms with E-state index in [9.17, 15) is 0 Å². The molecule has 0 aliphatic carbocycles. The highest BCUT2D eigenvalue weighted by molar-refractivity contribution is 6.30. The molecule has 0 radical (unpaired) electrons. The van der Waals surface area contributed by atoms with Crippen LogP contribution in [0.1, 0.15) is 16.7 Å². The number of hydrogen-bond donors (Lipinski definition) is 1. The third kappa shape index (κ3) is 4.03. The molecule has 0 aromatic heterocycles. The van der Waals surface area contributed by atoms with Crippen molar-refractivity contribution in [3.63, 3.8) is 0 Å². The number of benzene rings is 2. The van der Waals surface area contributed by atoms with Gasteiger partial charge in [0.2, 0.25) is 0 Å². The standard InChI is InChI=1S/C17H15ClO2/c1-13-11-14(3-2-10-19)6-9-17(13)20-12-15-4-7-16(18)8-5-15/h4-9,11,19H,10,12H2,1H3. The zero-order valence-corrected chi connectivity index (χ0v) is 11.9. The van der Waals surface area contributed by atoms with Crippen LogP contribution in [0.4, 0.5) is 0 Å². The summed E-state index contributed by atoms with van der Waals surface area (Å²) >= 11 is 5.84. The van der Waals surface area contributed by atoms with Gasteiger partial charge in [0.15, 0.2) is 0 Å². The van der Waals surface area contributed by atoms with Gasteiger partial charge in [-0.15, -0.1) is 0 Å². The highest BCUT2D eigenvalue weighted by Crippen LogP contribution is 2.20. The molecular weight excluding hydrogens is 272 g/mol. The van der Waals surface area contributed by atoms with Gasteiger partial charge in [-0.3, -0.25) is 0 Å². The van der Waals surface area contributed by atoms with Crippen molar-refractivity contribution in [2.45, 2.75) is 13.5 Å². The van der Waals surface area contributed by atoms with E-state index in [-0.39, 0.29) is 6.61 Å². The lowest BCUT2D eigenvalue weighted by Crippen LogP contribution is -1.97. The first-order valence-electron chi connectivity index (χ1n) is 6.26. The van der Waals surface area contributed by atoms with Gasteiger partial charge in [-0.25, -0.2) is 0 Å². The zero-order chi connectivity index (χ0) is 14.4. The van der Waals surface area contributed by atoms with E-state index in [1.807, 2.05) is 49.4 Å². The van der Waals surface area contributed by atoms with Gasteiger partial charge in [0.1, 0.15) is 19.0 Å². The molecule has 0 aliphatic rings.